The number of rotatable bonds is 1. The van der Waals surface area contributed by atoms with Gasteiger partial charge in [-0.25, -0.2) is 4.79 Å². The quantitative estimate of drug-likeness (QED) is 0.578. The summed E-state index contributed by atoms with van der Waals surface area (Å²) in [6, 6.07) is 0. The van der Waals surface area contributed by atoms with Crippen LogP contribution in [0.5, 0.6) is 0 Å². The lowest BCUT2D eigenvalue weighted by Gasteiger charge is -1.71. The van der Waals surface area contributed by atoms with Crippen LogP contribution in [0.2, 0.25) is 0 Å². The van der Waals surface area contributed by atoms with Gasteiger partial charge < -0.3 is 5.11 Å². The van der Waals surface area contributed by atoms with Crippen LogP contribution in [0.15, 0.2) is 0 Å². The van der Waals surface area contributed by atoms with Crippen LogP contribution >= 0.6 is 0 Å². The fourth-order valence-corrected chi connectivity index (χ4v) is 0.379. The van der Waals surface area contributed by atoms with Gasteiger partial charge in [0.15, 0.2) is 0 Å². The lowest BCUT2D eigenvalue weighted by atomic mass is 10.3. The molecule has 0 saturated heterocycles. The van der Waals surface area contributed by atoms with Crippen LogP contribution in [0.25, 0.3) is 0 Å². The van der Waals surface area contributed by atoms with E-state index in [4.69, 9.17) is 5.11 Å². The van der Waals surface area contributed by atoms with Crippen molar-refractivity contribution in [3.8, 4) is 35.5 Å². The summed E-state index contributed by atoms with van der Waals surface area (Å²) >= 11 is 0. The van der Waals surface area contributed by atoms with Crippen LogP contribution in [0.3, 0.4) is 0 Å². The maximum atomic E-state index is 9.86. The van der Waals surface area contributed by atoms with Crippen molar-refractivity contribution >= 4 is 5.97 Å². The summed E-state index contributed by atoms with van der Waals surface area (Å²) < 4.78 is 0. The molecule has 0 aromatic heterocycles. The Kier molecular flexibility index (Phi) is 6.14. The minimum Gasteiger partial charge on any atom is -0.472 e. The Bertz CT molecular complexity index is 320. The molecule has 0 atom stereocenters. The summed E-state index contributed by atoms with van der Waals surface area (Å²) in [5, 5.41) is 8.08. The Labute approximate surface area is 72.0 Å². The van der Waals surface area contributed by atoms with Gasteiger partial charge in [0.2, 0.25) is 0 Å². The number of unbranched alkanes of at least 4 members (excludes halogenated alkanes) is 1. The molecular formula is C10H8O2. The SMILES string of the molecule is CCCC#CC#CC#CC(=O)O. The Hall–Kier alpha value is -1.85. The van der Waals surface area contributed by atoms with Gasteiger partial charge in [0, 0.05) is 12.3 Å². The first-order chi connectivity index (χ1) is 5.77. The van der Waals surface area contributed by atoms with Gasteiger partial charge in [0.05, 0.1) is 0 Å². The average molecular weight is 160 g/mol. The lowest BCUT2D eigenvalue weighted by molar-refractivity contribution is -0.130. The first kappa shape index (κ1) is 10.2. The summed E-state index contributed by atoms with van der Waals surface area (Å²) in [6.07, 6.45) is 1.80. The zero-order chi connectivity index (χ0) is 9.23. The highest BCUT2D eigenvalue weighted by Gasteiger charge is 1.78. The summed E-state index contributed by atoms with van der Waals surface area (Å²) in [5.74, 6) is 12.9. The smallest absolute Gasteiger partial charge is 0.382 e. The molecule has 0 unspecified atom stereocenters. The molecule has 0 spiro atoms. The number of carboxylic acid groups (broad SMARTS) is 1. The fraction of sp³-hybridized carbons (Fsp3) is 0.300. The molecule has 0 amide bonds. The second-order valence-corrected chi connectivity index (χ2v) is 1.86. The number of aliphatic carboxylic acids is 1. The van der Waals surface area contributed by atoms with Gasteiger partial charge in [-0.2, -0.15) is 0 Å². The Morgan fingerprint density at radius 1 is 1.25 bits per heavy atom. The monoisotopic (exact) mass is 160 g/mol. The van der Waals surface area contributed by atoms with Crippen molar-refractivity contribution in [2.45, 2.75) is 19.8 Å². The summed E-state index contributed by atoms with van der Waals surface area (Å²) in [4.78, 5) is 9.86. The normalized spacial score (nSPS) is 6.08. The Morgan fingerprint density at radius 2 is 1.92 bits per heavy atom. The molecular weight excluding hydrogens is 152 g/mol. The van der Waals surface area contributed by atoms with E-state index in [2.05, 4.69) is 29.6 Å². The van der Waals surface area contributed by atoms with Crippen LogP contribution in [0.4, 0.5) is 0 Å². The molecule has 1 N–H and O–H groups in total. The molecule has 0 fully saturated rings. The van der Waals surface area contributed by atoms with Gasteiger partial charge in [-0.1, -0.05) is 12.8 Å². The first-order valence-electron chi connectivity index (χ1n) is 3.49. The fourth-order valence-electron chi connectivity index (χ4n) is 0.379. The molecule has 60 valence electrons. The second-order valence-electron chi connectivity index (χ2n) is 1.86. The highest BCUT2D eigenvalue weighted by molar-refractivity contribution is 5.87. The van der Waals surface area contributed by atoms with E-state index in [-0.39, 0.29) is 0 Å². The average Bonchev–Trinajstić information content (AvgIpc) is 2.02. The minimum absolute atomic E-state index is 0.807. The molecule has 0 aliphatic heterocycles. The zero-order valence-electron chi connectivity index (χ0n) is 6.77. The van der Waals surface area contributed by atoms with E-state index in [1.807, 2.05) is 12.8 Å². The van der Waals surface area contributed by atoms with E-state index < -0.39 is 5.97 Å². The van der Waals surface area contributed by atoms with E-state index in [1.54, 1.807) is 0 Å². The third-order valence-corrected chi connectivity index (χ3v) is 0.820. The Morgan fingerprint density at radius 3 is 2.50 bits per heavy atom. The van der Waals surface area contributed by atoms with Crippen LogP contribution in [-0.2, 0) is 4.79 Å². The van der Waals surface area contributed by atoms with E-state index in [9.17, 15) is 4.79 Å². The summed E-state index contributed by atoms with van der Waals surface area (Å²) in [6.45, 7) is 2.02. The summed E-state index contributed by atoms with van der Waals surface area (Å²) in [5.41, 5.74) is 0. The number of hydrogen-bond acceptors (Lipinski definition) is 1. The summed E-state index contributed by atoms with van der Waals surface area (Å²) in [7, 11) is 0. The zero-order valence-corrected chi connectivity index (χ0v) is 6.77. The molecule has 12 heavy (non-hydrogen) atoms. The van der Waals surface area contributed by atoms with Gasteiger partial charge >= 0.3 is 5.97 Å². The van der Waals surface area contributed by atoms with E-state index >= 15 is 0 Å². The molecule has 0 aliphatic carbocycles. The highest BCUT2D eigenvalue weighted by atomic mass is 16.4. The predicted molar refractivity (Wildman–Crippen MR) is 45.9 cm³/mol. The van der Waals surface area contributed by atoms with E-state index in [0.29, 0.717) is 0 Å². The third kappa shape index (κ3) is 8.15. The van der Waals surface area contributed by atoms with Crippen molar-refractivity contribution in [1.29, 1.82) is 0 Å². The van der Waals surface area contributed by atoms with Gasteiger partial charge in [0.25, 0.3) is 0 Å². The van der Waals surface area contributed by atoms with Crippen molar-refractivity contribution in [3.05, 3.63) is 0 Å². The molecule has 2 heteroatoms. The predicted octanol–water partition coefficient (Wildman–Crippen LogP) is 0.881. The van der Waals surface area contributed by atoms with Gasteiger partial charge in [-0.3, -0.25) is 0 Å². The van der Waals surface area contributed by atoms with Gasteiger partial charge in [0.1, 0.15) is 0 Å². The Balaban J connectivity index is 3.87. The molecule has 0 radical (unpaired) electrons. The molecule has 2 nitrogen and oxygen atoms in total. The lowest BCUT2D eigenvalue weighted by Crippen LogP contribution is -1.85. The molecule has 0 heterocycles. The van der Waals surface area contributed by atoms with Crippen LogP contribution in [0, 0.1) is 35.5 Å². The largest absolute Gasteiger partial charge is 0.472 e. The van der Waals surface area contributed by atoms with Crippen molar-refractivity contribution in [2.24, 2.45) is 0 Å². The van der Waals surface area contributed by atoms with E-state index in [0.717, 1.165) is 12.8 Å². The van der Waals surface area contributed by atoms with Crippen molar-refractivity contribution in [1.82, 2.24) is 0 Å². The maximum Gasteiger partial charge on any atom is 0.382 e. The van der Waals surface area contributed by atoms with Gasteiger partial charge in [-0.15, -0.1) is 0 Å². The number of hydrogen-bond donors (Lipinski definition) is 1. The minimum atomic E-state index is -1.18. The molecule has 0 aliphatic rings. The maximum absolute atomic E-state index is 9.86. The van der Waals surface area contributed by atoms with Crippen LogP contribution in [0.1, 0.15) is 19.8 Å². The molecule has 0 aromatic carbocycles. The van der Waals surface area contributed by atoms with Crippen molar-refractivity contribution < 1.29 is 9.90 Å². The molecule has 0 rings (SSSR count). The molecule has 0 bridgehead atoms. The third-order valence-electron chi connectivity index (χ3n) is 0.820. The first-order valence-corrected chi connectivity index (χ1v) is 3.49. The van der Waals surface area contributed by atoms with Gasteiger partial charge in [-0.05, 0) is 30.1 Å². The highest BCUT2D eigenvalue weighted by Crippen LogP contribution is 1.79. The number of carbonyl (C=O) groups is 1. The molecule has 0 aromatic rings. The standard InChI is InChI=1S/C10H8O2/c1-2-3-4-5-6-7-8-9-10(11)12/h2-3H2,1H3,(H,11,12). The van der Waals surface area contributed by atoms with Crippen LogP contribution < -0.4 is 0 Å². The number of carboxylic acids is 1. The topological polar surface area (TPSA) is 37.3 Å². The van der Waals surface area contributed by atoms with Crippen molar-refractivity contribution in [3.63, 3.8) is 0 Å². The van der Waals surface area contributed by atoms with Crippen LogP contribution in [-0.4, -0.2) is 11.1 Å². The van der Waals surface area contributed by atoms with E-state index in [1.165, 1.54) is 0 Å². The molecule has 0 saturated carbocycles. The second kappa shape index (κ2) is 7.26. The van der Waals surface area contributed by atoms with Crippen molar-refractivity contribution in [2.75, 3.05) is 0 Å².